The number of fused-ring (bicyclic) bond motifs is 6. The van der Waals surface area contributed by atoms with Gasteiger partial charge in [0.1, 0.15) is 0 Å². The number of hydrogen-bond acceptors (Lipinski definition) is 12. The van der Waals surface area contributed by atoms with Gasteiger partial charge in [-0.3, -0.25) is 9.59 Å². The second-order valence-corrected chi connectivity index (χ2v) is 31.6. The third kappa shape index (κ3) is 14.3. The van der Waals surface area contributed by atoms with Crippen molar-refractivity contribution < 1.29 is 9.59 Å². The van der Waals surface area contributed by atoms with E-state index in [1.165, 1.54) is 203 Å². The predicted molar refractivity (Wildman–Crippen MR) is 339 cm³/mol. The van der Waals surface area contributed by atoms with Gasteiger partial charge < -0.3 is 0 Å². The van der Waals surface area contributed by atoms with Crippen molar-refractivity contribution in [2.45, 2.75) is 176 Å². The minimum atomic E-state index is 0.769. The molecule has 6 aromatic heterocycles. The molecule has 0 aliphatic heterocycles. The van der Waals surface area contributed by atoms with E-state index in [2.05, 4.69) is 100 Å². The molecule has 0 spiro atoms. The maximum Gasteiger partial charge on any atom is 0.160 e. The molecule has 74 heavy (non-hydrogen) atoms. The normalized spacial score (nSPS) is 13.9. The molecule has 6 heterocycles. The van der Waals surface area contributed by atoms with Gasteiger partial charge in [-0.2, -0.15) is 0 Å². The highest BCUT2D eigenvalue weighted by atomic mass is 32.2. The van der Waals surface area contributed by atoms with Crippen LogP contribution in [0.5, 0.6) is 0 Å². The molecule has 0 saturated heterocycles. The van der Waals surface area contributed by atoms with Gasteiger partial charge in [0.05, 0.1) is 26.6 Å². The summed E-state index contributed by atoms with van der Waals surface area (Å²) in [6.45, 7) is 9.13. The summed E-state index contributed by atoms with van der Waals surface area (Å²) in [6.07, 6.45) is 27.0. The van der Waals surface area contributed by atoms with Crippen LogP contribution < -0.4 is 0 Å². The topological polar surface area (TPSA) is 34.1 Å². The number of benzene rings is 1. The first kappa shape index (κ1) is 56.4. The summed E-state index contributed by atoms with van der Waals surface area (Å²) >= 11 is 18.9. The summed E-state index contributed by atoms with van der Waals surface area (Å²) in [6, 6.07) is 28.1. The van der Waals surface area contributed by atoms with Crippen LogP contribution in [0.3, 0.4) is 0 Å². The van der Waals surface area contributed by atoms with Crippen LogP contribution in [-0.4, -0.2) is 12.6 Å². The zero-order valence-corrected chi connectivity index (χ0v) is 51.7. The van der Waals surface area contributed by atoms with Crippen molar-refractivity contribution in [2.75, 3.05) is 0 Å². The number of aldehydes is 2. The fraction of sp³-hybridized carbons (Fsp3) is 0.419. The Bertz CT molecular complexity index is 2830. The van der Waals surface area contributed by atoms with Crippen LogP contribution in [0.25, 0.3) is 32.0 Å². The van der Waals surface area contributed by atoms with Crippen LogP contribution in [0.2, 0.25) is 0 Å². The van der Waals surface area contributed by atoms with E-state index in [0.29, 0.717) is 0 Å². The lowest BCUT2D eigenvalue weighted by atomic mass is 9.98. The van der Waals surface area contributed by atoms with Crippen molar-refractivity contribution >= 4 is 139 Å². The molecule has 0 amide bonds. The molecule has 0 saturated carbocycles. The lowest BCUT2D eigenvalue weighted by Gasteiger charge is -2.15. The molecular formula is C62H70O2S10. The Kier molecular flexibility index (Phi) is 21.7. The molecule has 9 rings (SSSR count). The van der Waals surface area contributed by atoms with Crippen LogP contribution in [0.15, 0.2) is 89.7 Å². The third-order valence-corrected chi connectivity index (χ3v) is 26.0. The standard InChI is InChI=1S/C62H70O2S10/c1-5-9-13-17-21-41-25-27-45(67-41)39-65-61(73-55-31-29-43(69-55)23-19-15-11-7-3)57-49-35-52-50(36-51(49)59-53(57)33-47(37-63)71-59)58(54-34-48(38-64)72-60(52)54)62(74-56-32-30-44(70-56)24-20-16-12-8-4)66-40-46-28-26-42(68-46)22-18-14-10-6-2/h25-38H,5-24,39-40H2,1-4H3/b61-57-,62-58+. The highest BCUT2D eigenvalue weighted by molar-refractivity contribution is 8.23. The van der Waals surface area contributed by atoms with Gasteiger partial charge in [-0.1, -0.05) is 128 Å². The van der Waals surface area contributed by atoms with Crippen molar-refractivity contribution in [3.8, 4) is 20.9 Å². The van der Waals surface area contributed by atoms with Crippen LogP contribution in [0.1, 0.15) is 201 Å². The van der Waals surface area contributed by atoms with Gasteiger partial charge in [0.15, 0.2) is 12.6 Å². The summed E-state index contributed by atoms with van der Waals surface area (Å²) in [7, 11) is 0. The number of aryl methyl sites for hydroxylation is 4. The highest BCUT2D eigenvalue weighted by Crippen LogP contribution is 2.61. The van der Waals surface area contributed by atoms with E-state index < -0.39 is 0 Å². The summed E-state index contributed by atoms with van der Waals surface area (Å²) in [5.41, 5.74) is 9.75. The number of carbonyl (C=O) groups is 2. The Balaban J connectivity index is 1.13. The summed E-state index contributed by atoms with van der Waals surface area (Å²) in [5, 5.41) is 0. The van der Waals surface area contributed by atoms with E-state index in [1.807, 2.05) is 92.4 Å². The number of unbranched alkanes of at least 4 members (excludes halogenated alkanes) is 12. The van der Waals surface area contributed by atoms with E-state index in [1.54, 1.807) is 22.7 Å². The molecule has 390 valence electrons. The van der Waals surface area contributed by atoms with Gasteiger partial charge in [0, 0.05) is 83.9 Å². The highest BCUT2D eigenvalue weighted by Gasteiger charge is 2.36. The van der Waals surface area contributed by atoms with Crippen LogP contribution in [0.4, 0.5) is 0 Å². The van der Waals surface area contributed by atoms with Crippen molar-refractivity contribution in [1.82, 2.24) is 0 Å². The molecule has 0 unspecified atom stereocenters. The zero-order chi connectivity index (χ0) is 51.2. The number of hydrogen-bond donors (Lipinski definition) is 0. The maximum absolute atomic E-state index is 12.7. The summed E-state index contributed by atoms with van der Waals surface area (Å²) < 4.78 is 5.23. The lowest BCUT2D eigenvalue weighted by Crippen LogP contribution is -1.91. The molecule has 0 N–H and O–H groups in total. The molecule has 0 atom stereocenters. The first-order chi connectivity index (χ1) is 36.4. The van der Waals surface area contributed by atoms with Gasteiger partial charge in [0.25, 0.3) is 0 Å². The van der Waals surface area contributed by atoms with E-state index >= 15 is 0 Å². The Morgan fingerprint density at radius 1 is 0.378 bits per heavy atom. The van der Waals surface area contributed by atoms with Crippen molar-refractivity contribution in [1.29, 1.82) is 0 Å². The van der Waals surface area contributed by atoms with Crippen molar-refractivity contribution in [3.05, 3.63) is 143 Å². The third-order valence-electron chi connectivity index (χ3n) is 13.8. The first-order valence-corrected chi connectivity index (χ1v) is 35.7. The number of thioether (sulfide) groups is 4. The summed E-state index contributed by atoms with van der Waals surface area (Å²) in [5.74, 6) is 1.80. The van der Waals surface area contributed by atoms with Crippen LogP contribution in [0, 0.1) is 0 Å². The fourth-order valence-corrected chi connectivity index (χ4v) is 21.9. The largest absolute Gasteiger partial charge is 0.297 e. The zero-order valence-electron chi connectivity index (χ0n) is 43.5. The van der Waals surface area contributed by atoms with Crippen LogP contribution in [-0.2, 0) is 37.2 Å². The second kappa shape index (κ2) is 28.5. The molecule has 2 aliphatic rings. The number of rotatable bonds is 32. The molecule has 2 aliphatic carbocycles. The van der Waals surface area contributed by atoms with Crippen molar-refractivity contribution in [3.63, 3.8) is 0 Å². The van der Waals surface area contributed by atoms with Crippen LogP contribution >= 0.6 is 115 Å². The van der Waals surface area contributed by atoms with E-state index in [-0.39, 0.29) is 0 Å². The molecule has 0 bridgehead atoms. The van der Waals surface area contributed by atoms with Gasteiger partial charge in [-0.15, -0.1) is 91.5 Å². The van der Waals surface area contributed by atoms with Gasteiger partial charge in [-0.25, -0.2) is 0 Å². The molecule has 1 aromatic carbocycles. The van der Waals surface area contributed by atoms with Gasteiger partial charge >= 0.3 is 0 Å². The second-order valence-electron chi connectivity index (χ2n) is 19.5. The van der Waals surface area contributed by atoms with Crippen molar-refractivity contribution in [2.24, 2.45) is 0 Å². The smallest absolute Gasteiger partial charge is 0.160 e. The molecule has 12 heteroatoms. The average Bonchev–Trinajstić information content (AvgIpc) is 4.29. The monoisotopic (exact) mass is 1170 g/mol. The first-order valence-electron chi connectivity index (χ1n) is 27.2. The van der Waals surface area contributed by atoms with E-state index in [9.17, 15) is 9.59 Å². The number of carbonyl (C=O) groups excluding carboxylic acids is 2. The predicted octanol–water partition coefficient (Wildman–Crippen LogP) is 23.0. The average molecular weight is 1170 g/mol. The molecular weight excluding hydrogens is 1100 g/mol. The Morgan fingerprint density at radius 3 is 1.09 bits per heavy atom. The Labute approximate surface area is 483 Å². The molecule has 0 radical (unpaired) electrons. The van der Waals surface area contributed by atoms with Gasteiger partial charge in [-0.05, 0) is 135 Å². The van der Waals surface area contributed by atoms with E-state index in [4.69, 9.17) is 0 Å². The minimum Gasteiger partial charge on any atom is -0.297 e. The molecule has 7 aromatic rings. The SMILES string of the molecule is CCCCCCc1ccc(CS/C(Sc2ccc(CCCCCC)s2)=C2\c3cc4c(cc3-c3sc(C=O)cc32)/C(=C(/SCc2ccc(CCCCCC)s2)Sc2ccc(CCCCCC)s2)c2cc(C=O)sc2-4)s1. The molecule has 2 nitrogen and oxygen atoms in total. The minimum absolute atomic E-state index is 0.769. The fourth-order valence-electron chi connectivity index (χ4n) is 9.86. The number of thiophene rings is 6. The van der Waals surface area contributed by atoms with Gasteiger partial charge in [0.2, 0.25) is 0 Å². The lowest BCUT2D eigenvalue weighted by molar-refractivity contribution is 0.111. The molecule has 0 fully saturated rings. The van der Waals surface area contributed by atoms with E-state index in [0.717, 1.165) is 59.5 Å². The summed E-state index contributed by atoms with van der Waals surface area (Å²) in [4.78, 5) is 38.1. The quantitative estimate of drug-likeness (QED) is 0.0237. The Hall–Kier alpha value is -2.36. The maximum atomic E-state index is 12.7. The Morgan fingerprint density at radius 2 is 0.730 bits per heavy atom.